The topological polar surface area (TPSA) is 52.6 Å². The summed E-state index contributed by atoms with van der Waals surface area (Å²) in [6.07, 6.45) is -0.359. The van der Waals surface area contributed by atoms with E-state index in [0.29, 0.717) is 5.75 Å². The van der Waals surface area contributed by atoms with Crippen LogP contribution in [0, 0.1) is 6.92 Å². The average Bonchev–Trinajstić information content (AvgIpc) is 2.21. The van der Waals surface area contributed by atoms with Gasteiger partial charge in [0.2, 0.25) is 0 Å². The van der Waals surface area contributed by atoms with Crippen molar-refractivity contribution in [2.24, 2.45) is 0 Å². The lowest BCUT2D eigenvalue weighted by molar-refractivity contribution is -0.149. The third kappa shape index (κ3) is 3.73. The lowest BCUT2D eigenvalue weighted by atomic mass is 10.2. The number of carbonyl (C=O) groups excluding carboxylic acids is 2. The van der Waals surface area contributed by atoms with Gasteiger partial charge in [0.15, 0.2) is 0 Å². The van der Waals surface area contributed by atoms with Crippen molar-refractivity contribution in [2.75, 3.05) is 6.61 Å². The standard InChI is InChI=1S/C12H14O4/c1-3-15-11(13)8-12(14)16-10-7-5-4-6-9(10)2/h4-7H,3,8H2,1-2H3. The largest absolute Gasteiger partial charge is 0.466 e. The Morgan fingerprint density at radius 3 is 2.50 bits per heavy atom. The van der Waals surface area contributed by atoms with E-state index >= 15 is 0 Å². The summed E-state index contributed by atoms with van der Waals surface area (Å²) >= 11 is 0. The first-order valence-corrected chi connectivity index (χ1v) is 5.05. The maximum Gasteiger partial charge on any atom is 0.322 e. The zero-order chi connectivity index (χ0) is 12.0. The zero-order valence-corrected chi connectivity index (χ0v) is 9.36. The van der Waals surface area contributed by atoms with Crippen LogP contribution in [-0.2, 0) is 14.3 Å². The van der Waals surface area contributed by atoms with Crippen LogP contribution in [0.1, 0.15) is 18.9 Å². The number of esters is 2. The second kappa shape index (κ2) is 5.90. The van der Waals surface area contributed by atoms with Crippen LogP contribution >= 0.6 is 0 Å². The lowest BCUT2D eigenvalue weighted by Crippen LogP contribution is -2.16. The van der Waals surface area contributed by atoms with E-state index in [1.807, 2.05) is 19.1 Å². The van der Waals surface area contributed by atoms with Crippen LogP contribution in [0.15, 0.2) is 24.3 Å². The molecule has 0 amide bonds. The molecule has 0 aromatic heterocycles. The van der Waals surface area contributed by atoms with Crippen molar-refractivity contribution >= 4 is 11.9 Å². The molecule has 0 heterocycles. The molecule has 0 bridgehead atoms. The van der Waals surface area contributed by atoms with Crippen LogP contribution in [0.2, 0.25) is 0 Å². The molecule has 0 radical (unpaired) electrons. The molecule has 16 heavy (non-hydrogen) atoms. The summed E-state index contributed by atoms with van der Waals surface area (Å²) in [7, 11) is 0. The van der Waals surface area contributed by atoms with E-state index in [4.69, 9.17) is 4.74 Å². The third-order valence-corrected chi connectivity index (χ3v) is 1.91. The highest BCUT2D eigenvalue weighted by Crippen LogP contribution is 2.16. The molecule has 0 fully saturated rings. The molecule has 0 aliphatic rings. The van der Waals surface area contributed by atoms with Crippen LogP contribution in [0.25, 0.3) is 0 Å². The van der Waals surface area contributed by atoms with Gasteiger partial charge in [-0.2, -0.15) is 0 Å². The molecule has 1 aromatic rings. The summed E-state index contributed by atoms with van der Waals surface area (Å²) in [6, 6.07) is 7.11. The van der Waals surface area contributed by atoms with Crippen LogP contribution in [-0.4, -0.2) is 18.5 Å². The number of carbonyl (C=O) groups is 2. The van der Waals surface area contributed by atoms with E-state index in [9.17, 15) is 9.59 Å². The minimum Gasteiger partial charge on any atom is -0.466 e. The van der Waals surface area contributed by atoms with E-state index in [2.05, 4.69) is 4.74 Å². The number of rotatable bonds is 4. The highest BCUT2D eigenvalue weighted by molar-refractivity contribution is 5.92. The second-order valence-electron chi connectivity index (χ2n) is 3.22. The first-order chi connectivity index (χ1) is 7.63. The van der Waals surface area contributed by atoms with Gasteiger partial charge in [-0.15, -0.1) is 0 Å². The first-order valence-electron chi connectivity index (χ1n) is 5.05. The number of benzene rings is 1. The number of para-hydroxylation sites is 1. The van der Waals surface area contributed by atoms with Gasteiger partial charge in [-0.05, 0) is 25.5 Å². The summed E-state index contributed by atoms with van der Waals surface area (Å²) < 4.78 is 9.66. The molecule has 0 aliphatic heterocycles. The van der Waals surface area contributed by atoms with Crippen molar-refractivity contribution < 1.29 is 19.1 Å². The number of aryl methyl sites for hydroxylation is 1. The molecular weight excluding hydrogens is 208 g/mol. The smallest absolute Gasteiger partial charge is 0.322 e. The van der Waals surface area contributed by atoms with Gasteiger partial charge in [-0.3, -0.25) is 9.59 Å². The molecule has 4 nitrogen and oxygen atoms in total. The van der Waals surface area contributed by atoms with Gasteiger partial charge in [0.1, 0.15) is 12.2 Å². The molecule has 0 unspecified atom stereocenters. The molecule has 1 rings (SSSR count). The van der Waals surface area contributed by atoms with Gasteiger partial charge in [-0.25, -0.2) is 0 Å². The molecule has 1 aromatic carbocycles. The molecule has 0 saturated carbocycles. The highest BCUT2D eigenvalue weighted by Gasteiger charge is 2.13. The molecule has 0 aliphatic carbocycles. The number of hydrogen-bond donors (Lipinski definition) is 0. The molecule has 0 spiro atoms. The Labute approximate surface area is 94.2 Å². The van der Waals surface area contributed by atoms with Gasteiger partial charge in [0, 0.05) is 0 Å². The molecule has 4 heteroatoms. The van der Waals surface area contributed by atoms with E-state index in [-0.39, 0.29) is 13.0 Å². The zero-order valence-electron chi connectivity index (χ0n) is 9.36. The molecule has 0 atom stereocenters. The second-order valence-corrected chi connectivity index (χ2v) is 3.22. The average molecular weight is 222 g/mol. The fourth-order valence-electron chi connectivity index (χ4n) is 1.16. The van der Waals surface area contributed by atoms with Crippen molar-refractivity contribution in [1.82, 2.24) is 0 Å². The third-order valence-electron chi connectivity index (χ3n) is 1.91. The van der Waals surface area contributed by atoms with Gasteiger partial charge < -0.3 is 9.47 Å². The van der Waals surface area contributed by atoms with E-state index < -0.39 is 11.9 Å². The minimum absolute atomic E-state index is 0.260. The molecule has 86 valence electrons. The first kappa shape index (κ1) is 12.2. The normalized spacial score (nSPS) is 9.62. The van der Waals surface area contributed by atoms with Crippen molar-refractivity contribution in [1.29, 1.82) is 0 Å². The summed E-state index contributed by atoms with van der Waals surface area (Å²) in [6.45, 7) is 3.77. The van der Waals surface area contributed by atoms with Crippen molar-refractivity contribution in [3.63, 3.8) is 0 Å². The Balaban J connectivity index is 2.52. The summed E-state index contributed by atoms with van der Waals surface area (Å²) in [4.78, 5) is 22.3. The Morgan fingerprint density at radius 1 is 1.19 bits per heavy atom. The Hall–Kier alpha value is -1.84. The fraction of sp³-hybridized carbons (Fsp3) is 0.333. The minimum atomic E-state index is -0.604. The monoisotopic (exact) mass is 222 g/mol. The predicted octanol–water partition coefficient (Wildman–Crippen LogP) is 1.85. The fourth-order valence-corrected chi connectivity index (χ4v) is 1.16. The molecule has 0 N–H and O–H groups in total. The van der Waals surface area contributed by atoms with Gasteiger partial charge >= 0.3 is 11.9 Å². The Bertz CT molecular complexity index is 384. The van der Waals surface area contributed by atoms with Crippen LogP contribution in [0.3, 0.4) is 0 Å². The Morgan fingerprint density at radius 2 is 1.88 bits per heavy atom. The maximum absolute atomic E-state index is 11.3. The van der Waals surface area contributed by atoms with Crippen LogP contribution in [0.5, 0.6) is 5.75 Å². The van der Waals surface area contributed by atoms with Gasteiger partial charge in [0.05, 0.1) is 6.61 Å². The van der Waals surface area contributed by atoms with E-state index in [0.717, 1.165) is 5.56 Å². The lowest BCUT2D eigenvalue weighted by Gasteiger charge is -2.06. The quantitative estimate of drug-likeness (QED) is 0.443. The summed E-state index contributed by atoms with van der Waals surface area (Å²) in [5.41, 5.74) is 0.847. The van der Waals surface area contributed by atoms with Crippen molar-refractivity contribution in [3.8, 4) is 5.75 Å². The highest BCUT2D eigenvalue weighted by atomic mass is 16.6. The van der Waals surface area contributed by atoms with Gasteiger partial charge in [0.25, 0.3) is 0 Å². The number of hydrogen-bond acceptors (Lipinski definition) is 4. The SMILES string of the molecule is CCOC(=O)CC(=O)Oc1ccccc1C. The summed E-state index contributed by atoms with van der Waals surface area (Å²) in [5.74, 6) is -0.703. The summed E-state index contributed by atoms with van der Waals surface area (Å²) in [5, 5.41) is 0. The number of ether oxygens (including phenoxy) is 2. The van der Waals surface area contributed by atoms with Crippen molar-refractivity contribution in [3.05, 3.63) is 29.8 Å². The van der Waals surface area contributed by atoms with Crippen LogP contribution in [0.4, 0.5) is 0 Å². The Kier molecular flexibility index (Phi) is 4.51. The van der Waals surface area contributed by atoms with E-state index in [1.165, 1.54) is 0 Å². The van der Waals surface area contributed by atoms with E-state index in [1.54, 1.807) is 19.1 Å². The molecular formula is C12H14O4. The maximum atomic E-state index is 11.3. The predicted molar refractivity (Wildman–Crippen MR) is 58.1 cm³/mol. The molecule has 0 saturated heterocycles. The van der Waals surface area contributed by atoms with Gasteiger partial charge in [-0.1, -0.05) is 18.2 Å². The van der Waals surface area contributed by atoms with Crippen molar-refractivity contribution in [2.45, 2.75) is 20.3 Å². The van der Waals surface area contributed by atoms with Crippen LogP contribution < -0.4 is 4.74 Å².